The van der Waals surface area contributed by atoms with Crippen LogP contribution in [0.2, 0.25) is 0 Å². The molecule has 0 bridgehead atoms. The molecule has 1 aromatic rings. The van der Waals surface area contributed by atoms with Gasteiger partial charge < -0.3 is 5.32 Å². The summed E-state index contributed by atoms with van der Waals surface area (Å²) in [5.41, 5.74) is 1.21. The number of nitrogens with one attached hydrogen (secondary N) is 1. The fourth-order valence-corrected chi connectivity index (χ4v) is 0.969. The van der Waals surface area contributed by atoms with Gasteiger partial charge in [-0.05, 0) is 38.5 Å². The molecular formula is C11H17ClFN. The van der Waals surface area contributed by atoms with Crippen LogP contribution in [0.5, 0.6) is 0 Å². The maximum absolute atomic E-state index is 12.5. The van der Waals surface area contributed by atoms with Gasteiger partial charge in [-0.25, -0.2) is 4.39 Å². The van der Waals surface area contributed by atoms with Crippen molar-refractivity contribution in [3.63, 3.8) is 0 Å². The van der Waals surface area contributed by atoms with E-state index in [4.69, 9.17) is 0 Å². The van der Waals surface area contributed by atoms with Gasteiger partial charge in [0.05, 0.1) is 0 Å². The van der Waals surface area contributed by atoms with Gasteiger partial charge in [0.2, 0.25) is 0 Å². The molecule has 14 heavy (non-hydrogen) atoms. The third-order valence-electron chi connectivity index (χ3n) is 1.74. The number of benzene rings is 1. The number of hydrogen-bond acceptors (Lipinski definition) is 1. The Bertz CT molecular complexity index is 264. The highest BCUT2D eigenvalue weighted by atomic mass is 35.5. The highest BCUT2D eigenvalue weighted by Crippen LogP contribution is 2.05. The molecule has 0 atom stereocenters. The average molecular weight is 218 g/mol. The van der Waals surface area contributed by atoms with Crippen molar-refractivity contribution in [2.75, 3.05) is 0 Å². The lowest BCUT2D eigenvalue weighted by Gasteiger charge is -2.20. The fraction of sp³-hybridized carbons (Fsp3) is 0.455. The van der Waals surface area contributed by atoms with Crippen LogP contribution < -0.4 is 5.32 Å². The minimum Gasteiger partial charge on any atom is -0.308 e. The normalized spacial score (nSPS) is 10.9. The van der Waals surface area contributed by atoms with Crippen LogP contribution in [-0.2, 0) is 6.54 Å². The smallest absolute Gasteiger partial charge is 0.123 e. The molecule has 0 saturated heterocycles. The fourth-order valence-electron chi connectivity index (χ4n) is 0.969. The first-order valence-electron chi connectivity index (χ1n) is 4.47. The molecule has 1 rings (SSSR count). The van der Waals surface area contributed by atoms with E-state index in [2.05, 4.69) is 26.1 Å². The van der Waals surface area contributed by atoms with E-state index in [1.54, 1.807) is 12.1 Å². The molecule has 0 fully saturated rings. The summed E-state index contributed by atoms with van der Waals surface area (Å²) < 4.78 is 12.5. The van der Waals surface area contributed by atoms with Gasteiger partial charge >= 0.3 is 0 Å². The van der Waals surface area contributed by atoms with E-state index in [1.807, 2.05) is 0 Å². The predicted molar refractivity (Wildman–Crippen MR) is 60.2 cm³/mol. The van der Waals surface area contributed by atoms with Crippen LogP contribution >= 0.6 is 12.4 Å². The third-order valence-corrected chi connectivity index (χ3v) is 1.74. The summed E-state index contributed by atoms with van der Waals surface area (Å²) >= 11 is 0. The lowest BCUT2D eigenvalue weighted by Crippen LogP contribution is -2.35. The van der Waals surface area contributed by atoms with Crippen molar-refractivity contribution in [1.82, 2.24) is 5.32 Å². The van der Waals surface area contributed by atoms with Gasteiger partial charge in [0.25, 0.3) is 0 Å². The molecule has 1 N–H and O–H groups in total. The Balaban J connectivity index is 0.00000169. The largest absolute Gasteiger partial charge is 0.308 e. The first-order chi connectivity index (χ1) is 5.97. The van der Waals surface area contributed by atoms with E-state index in [-0.39, 0.29) is 23.8 Å². The van der Waals surface area contributed by atoms with Gasteiger partial charge in [0.1, 0.15) is 5.82 Å². The molecule has 0 heterocycles. The van der Waals surface area contributed by atoms with Crippen LogP contribution in [0.1, 0.15) is 26.3 Å². The molecule has 0 amide bonds. The van der Waals surface area contributed by atoms with Crippen molar-refractivity contribution in [2.45, 2.75) is 32.9 Å². The molecule has 0 aliphatic heterocycles. The van der Waals surface area contributed by atoms with Crippen LogP contribution in [0.15, 0.2) is 24.3 Å². The van der Waals surface area contributed by atoms with Crippen molar-refractivity contribution < 1.29 is 4.39 Å². The highest BCUT2D eigenvalue weighted by Gasteiger charge is 2.07. The zero-order valence-corrected chi connectivity index (χ0v) is 9.62. The molecule has 3 heteroatoms. The predicted octanol–water partition coefficient (Wildman–Crippen LogP) is 3.14. The minimum absolute atomic E-state index is 0. The second-order valence-corrected chi connectivity index (χ2v) is 4.23. The van der Waals surface area contributed by atoms with Gasteiger partial charge in [-0.15, -0.1) is 12.4 Å². The van der Waals surface area contributed by atoms with E-state index < -0.39 is 0 Å². The topological polar surface area (TPSA) is 12.0 Å². The summed E-state index contributed by atoms with van der Waals surface area (Å²) in [7, 11) is 0. The first kappa shape index (κ1) is 13.4. The molecule has 0 unspecified atom stereocenters. The minimum atomic E-state index is -0.181. The van der Waals surface area contributed by atoms with Crippen molar-refractivity contribution >= 4 is 12.4 Å². The second kappa shape index (κ2) is 5.32. The molecule has 1 nitrogen and oxygen atoms in total. The Morgan fingerprint density at radius 1 is 1.14 bits per heavy atom. The van der Waals surface area contributed by atoms with E-state index >= 15 is 0 Å². The van der Waals surface area contributed by atoms with Crippen LogP contribution in [0.3, 0.4) is 0 Å². The second-order valence-electron chi connectivity index (χ2n) is 4.23. The van der Waals surface area contributed by atoms with Gasteiger partial charge in [-0.3, -0.25) is 0 Å². The van der Waals surface area contributed by atoms with Crippen LogP contribution in [0.4, 0.5) is 4.39 Å². The summed E-state index contributed by atoms with van der Waals surface area (Å²) in [6.07, 6.45) is 0. The van der Waals surface area contributed by atoms with Crippen LogP contribution in [0, 0.1) is 5.82 Å². The summed E-state index contributed by atoms with van der Waals surface area (Å²) in [4.78, 5) is 0. The van der Waals surface area contributed by atoms with Gasteiger partial charge in [-0.2, -0.15) is 0 Å². The van der Waals surface area contributed by atoms with Crippen molar-refractivity contribution in [3.8, 4) is 0 Å². The molecule has 0 aliphatic carbocycles. The Hall–Kier alpha value is -0.600. The van der Waals surface area contributed by atoms with Gasteiger partial charge in [0, 0.05) is 12.1 Å². The molecule has 80 valence electrons. The van der Waals surface area contributed by atoms with E-state index in [0.29, 0.717) is 0 Å². The summed E-state index contributed by atoms with van der Waals surface area (Å²) in [6.45, 7) is 7.10. The first-order valence-corrected chi connectivity index (χ1v) is 4.47. The van der Waals surface area contributed by atoms with Crippen LogP contribution in [0.25, 0.3) is 0 Å². The summed E-state index contributed by atoms with van der Waals surface area (Å²) in [5.74, 6) is -0.181. The van der Waals surface area contributed by atoms with E-state index in [9.17, 15) is 4.39 Å². The zero-order chi connectivity index (χ0) is 9.90. The van der Waals surface area contributed by atoms with Crippen molar-refractivity contribution in [3.05, 3.63) is 35.6 Å². The number of rotatable bonds is 2. The third kappa shape index (κ3) is 5.20. The summed E-state index contributed by atoms with van der Waals surface area (Å²) in [5, 5.41) is 3.34. The van der Waals surface area contributed by atoms with E-state index in [1.165, 1.54) is 12.1 Å². The summed E-state index contributed by atoms with van der Waals surface area (Å²) in [6, 6.07) is 6.57. The number of hydrogen-bond donors (Lipinski definition) is 1. The lowest BCUT2D eigenvalue weighted by atomic mass is 10.1. The maximum atomic E-state index is 12.5. The Kier molecular flexibility index (Phi) is 5.09. The standard InChI is InChI=1S/C11H16FN.ClH/c1-11(2,3)13-8-9-4-6-10(12)7-5-9;/h4-7,13H,8H2,1-3H3;1H. The quantitative estimate of drug-likeness (QED) is 0.803. The average Bonchev–Trinajstić information content (AvgIpc) is 2.02. The van der Waals surface area contributed by atoms with Crippen LogP contribution in [-0.4, -0.2) is 5.54 Å². The molecule has 0 saturated carbocycles. The lowest BCUT2D eigenvalue weighted by molar-refractivity contribution is 0.424. The Morgan fingerprint density at radius 2 is 1.64 bits per heavy atom. The molecular weight excluding hydrogens is 201 g/mol. The SMILES string of the molecule is CC(C)(C)NCc1ccc(F)cc1.Cl. The van der Waals surface area contributed by atoms with Crippen molar-refractivity contribution in [1.29, 1.82) is 0 Å². The molecule has 0 aromatic heterocycles. The highest BCUT2D eigenvalue weighted by molar-refractivity contribution is 5.85. The monoisotopic (exact) mass is 217 g/mol. The van der Waals surface area contributed by atoms with Gasteiger partial charge in [0.15, 0.2) is 0 Å². The molecule has 0 spiro atoms. The molecule has 0 aliphatic rings. The Morgan fingerprint density at radius 3 is 2.07 bits per heavy atom. The van der Waals surface area contributed by atoms with E-state index in [0.717, 1.165) is 12.1 Å². The maximum Gasteiger partial charge on any atom is 0.123 e. The zero-order valence-electron chi connectivity index (χ0n) is 8.80. The Labute approximate surface area is 91.1 Å². The number of halogens is 2. The molecule has 1 aromatic carbocycles. The van der Waals surface area contributed by atoms with Gasteiger partial charge in [-0.1, -0.05) is 12.1 Å². The molecule has 0 radical (unpaired) electrons. The van der Waals surface area contributed by atoms with Crippen molar-refractivity contribution in [2.24, 2.45) is 0 Å².